The average molecular weight is 319 g/mol. The number of rotatable bonds is 8. The molecule has 2 fully saturated rings. The summed E-state index contributed by atoms with van der Waals surface area (Å²) in [4.78, 5) is 13.2. The monoisotopic (exact) mass is 319 g/mol. The molecule has 1 heterocycles. The van der Waals surface area contributed by atoms with E-state index in [2.05, 4.69) is 16.5 Å². The molecule has 0 aromatic carbocycles. The molecule has 0 aromatic rings. The molecule has 0 unspecified atom stereocenters. The van der Waals surface area contributed by atoms with E-state index in [0.29, 0.717) is 25.4 Å². The van der Waals surface area contributed by atoms with Crippen LogP contribution in [0, 0.1) is 5.92 Å². The first kappa shape index (κ1) is 16.7. The number of carboxylic acid groups (broad SMARTS) is 1. The summed E-state index contributed by atoms with van der Waals surface area (Å²) in [6.07, 6.45) is 3.20. The maximum Gasteiger partial charge on any atom is 0.306 e. The quantitative estimate of drug-likeness (QED) is 0.662. The molecule has 0 bridgehead atoms. The Balaban J connectivity index is 1.75. The van der Waals surface area contributed by atoms with E-state index in [1.165, 1.54) is 17.1 Å². The molecule has 0 aromatic heterocycles. The molecule has 0 radical (unpaired) electrons. The summed E-state index contributed by atoms with van der Waals surface area (Å²) in [7, 11) is -3.48. The highest BCUT2D eigenvalue weighted by Gasteiger charge is 2.31. The third-order valence-electron chi connectivity index (χ3n) is 4.30. The number of carbonyl (C=O) groups is 1. The molecule has 2 aliphatic rings. The van der Waals surface area contributed by atoms with Crippen LogP contribution in [0.15, 0.2) is 0 Å². The number of piperidine rings is 1. The predicted octanol–water partition coefficient (Wildman–Crippen LogP) is 0.102. The lowest BCUT2D eigenvalue weighted by Crippen LogP contribution is -2.47. The highest BCUT2D eigenvalue weighted by Crippen LogP contribution is 2.26. The lowest BCUT2D eigenvalue weighted by molar-refractivity contribution is -0.142. The Kier molecular flexibility index (Phi) is 5.59. The van der Waals surface area contributed by atoms with Gasteiger partial charge in [0.25, 0.3) is 10.2 Å². The van der Waals surface area contributed by atoms with Gasteiger partial charge in [-0.3, -0.25) is 9.69 Å². The molecule has 0 amide bonds. The van der Waals surface area contributed by atoms with Crippen molar-refractivity contribution < 1.29 is 18.3 Å². The van der Waals surface area contributed by atoms with Crippen LogP contribution in [0.2, 0.25) is 0 Å². The third-order valence-corrected chi connectivity index (χ3v) is 5.91. The Morgan fingerprint density at radius 2 is 1.90 bits per heavy atom. The number of nitrogens with one attached hydrogen (secondary N) is 1. The first-order chi connectivity index (χ1) is 9.94. The van der Waals surface area contributed by atoms with E-state index in [-0.39, 0.29) is 13.1 Å². The molecule has 0 atom stereocenters. The van der Waals surface area contributed by atoms with Crippen molar-refractivity contribution in [2.45, 2.75) is 38.6 Å². The molecule has 1 saturated carbocycles. The summed E-state index contributed by atoms with van der Waals surface area (Å²) in [5.74, 6) is -1.25. The third kappa shape index (κ3) is 4.64. The molecule has 2 rings (SSSR count). The Hall–Kier alpha value is -0.700. The molecule has 7 nitrogen and oxygen atoms in total. The van der Waals surface area contributed by atoms with E-state index < -0.39 is 22.1 Å². The molecular formula is C13H25N3O4S. The zero-order valence-corrected chi connectivity index (χ0v) is 13.3. The van der Waals surface area contributed by atoms with Crippen LogP contribution in [-0.4, -0.2) is 67.5 Å². The van der Waals surface area contributed by atoms with Gasteiger partial charge in [-0.25, -0.2) is 4.72 Å². The van der Waals surface area contributed by atoms with Crippen LogP contribution in [-0.2, 0) is 15.0 Å². The van der Waals surface area contributed by atoms with Gasteiger partial charge in [0.1, 0.15) is 0 Å². The van der Waals surface area contributed by atoms with Gasteiger partial charge in [0.05, 0.1) is 5.92 Å². The van der Waals surface area contributed by atoms with Crippen molar-refractivity contribution in [2.24, 2.45) is 5.92 Å². The Morgan fingerprint density at radius 1 is 1.29 bits per heavy atom. The SMILES string of the molecule is CCN(CCNS(=O)(=O)N1CCC(C(=O)O)CC1)C1CC1. The van der Waals surface area contributed by atoms with Gasteiger partial charge in [-0.05, 0) is 32.2 Å². The van der Waals surface area contributed by atoms with Crippen LogP contribution < -0.4 is 4.72 Å². The highest BCUT2D eigenvalue weighted by molar-refractivity contribution is 7.87. The van der Waals surface area contributed by atoms with Gasteiger partial charge in [-0.1, -0.05) is 6.92 Å². The average Bonchev–Trinajstić information content (AvgIpc) is 3.28. The van der Waals surface area contributed by atoms with Crippen LogP contribution in [0.4, 0.5) is 0 Å². The second-order valence-electron chi connectivity index (χ2n) is 5.77. The largest absolute Gasteiger partial charge is 0.481 e. The number of nitrogens with zero attached hydrogens (tertiary/aromatic N) is 2. The van der Waals surface area contributed by atoms with Crippen LogP contribution in [0.25, 0.3) is 0 Å². The zero-order chi connectivity index (χ0) is 15.5. The fourth-order valence-corrected chi connectivity index (χ4v) is 4.01. The van der Waals surface area contributed by atoms with Gasteiger partial charge >= 0.3 is 5.97 Å². The summed E-state index contributed by atoms with van der Waals surface area (Å²) < 4.78 is 28.3. The Morgan fingerprint density at radius 3 is 2.38 bits per heavy atom. The Labute approximate surface area is 126 Å². The standard InChI is InChI=1S/C13H25N3O4S/c1-2-15(12-3-4-12)10-7-14-21(19,20)16-8-5-11(6-9-16)13(17)18/h11-12,14H,2-10H2,1H3,(H,17,18). The highest BCUT2D eigenvalue weighted by atomic mass is 32.2. The second-order valence-corrected chi connectivity index (χ2v) is 7.53. The first-order valence-corrected chi connectivity index (χ1v) is 9.09. The molecule has 21 heavy (non-hydrogen) atoms. The normalized spacial score (nSPS) is 21.8. The van der Waals surface area contributed by atoms with E-state index in [9.17, 15) is 13.2 Å². The van der Waals surface area contributed by atoms with Gasteiger partial charge in [0.2, 0.25) is 0 Å². The van der Waals surface area contributed by atoms with Crippen LogP contribution >= 0.6 is 0 Å². The van der Waals surface area contributed by atoms with Crippen LogP contribution in [0.3, 0.4) is 0 Å². The minimum absolute atomic E-state index is 0.284. The summed E-state index contributed by atoms with van der Waals surface area (Å²) in [5, 5.41) is 8.93. The van der Waals surface area contributed by atoms with Gasteiger partial charge in [-0.2, -0.15) is 12.7 Å². The van der Waals surface area contributed by atoms with Crippen LogP contribution in [0.5, 0.6) is 0 Å². The molecular weight excluding hydrogens is 294 g/mol. The van der Waals surface area contributed by atoms with Crippen molar-refractivity contribution in [3.63, 3.8) is 0 Å². The Bertz CT molecular complexity index is 456. The minimum atomic E-state index is -3.48. The first-order valence-electron chi connectivity index (χ1n) is 7.65. The fourth-order valence-electron chi connectivity index (χ4n) is 2.79. The molecule has 2 N–H and O–H groups in total. The van der Waals surface area contributed by atoms with E-state index in [1.54, 1.807) is 0 Å². The van der Waals surface area contributed by atoms with Gasteiger partial charge in [0.15, 0.2) is 0 Å². The van der Waals surface area contributed by atoms with Gasteiger partial charge in [-0.15, -0.1) is 0 Å². The zero-order valence-electron chi connectivity index (χ0n) is 12.5. The molecule has 0 spiro atoms. The summed E-state index contributed by atoms with van der Waals surface area (Å²) in [6.45, 7) is 4.73. The van der Waals surface area contributed by atoms with Crippen molar-refractivity contribution in [1.29, 1.82) is 0 Å². The molecule has 8 heteroatoms. The second kappa shape index (κ2) is 7.04. The van der Waals surface area contributed by atoms with Crippen molar-refractivity contribution >= 4 is 16.2 Å². The number of likely N-dealkylation sites (N-methyl/N-ethyl adjacent to an activating group) is 1. The molecule has 122 valence electrons. The van der Waals surface area contributed by atoms with Gasteiger partial charge in [0, 0.05) is 32.2 Å². The van der Waals surface area contributed by atoms with E-state index in [0.717, 1.165) is 13.1 Å². The fraction of sp³-hybridized carbons (Fsp3) is 0.923. The maximum absolute atomic E-state index is 12.2. The van der Waals surface area contributed by atoms with Crippen molar-refractivity contribution in [1.82, 2.24) is 13.9 Å². The molecule has 1 aliphatic heterocycles. The van der Waals surface area contributed by atoms with Gasteiger partial charge < -0.3 is 5.11 Å². The summed E-state index contributed by atoms with van der Waals surface area (Å²) in [5.41, 5.74) is 0. The van der Waals surface area contributed by atoms with Crippen molar-refractivity contribution in [3.05, 3.63) is 0 Å². The van der Waals surface area contributed by atoms with E-state index in [4.69, 9.17) is 5.11 Å². The molecule has 1 aliphatic carbocycles. The molecule has 1 saturated heterocycles. The van der Waals surface area contributed by atoms with Crippen LogP contribution in [0.1, 0.15) is 32.6 Å². The van der Waals surface area contributed by atoms with E-state index >= 15 is 0 Å². The number of carboxylic acids is 1. The lowest BCUT2D eigenvalue weighted by atomic mass is 9.99. The van der Waals surface area contributed by atoms with E-state index in [1.807, 2.05) is 0 Å². The minimum Gasteiger partial charge on any atom is -0.481 e. The topological polar surface area (TPSA) is 90.0 Å². The van der Waals surface area contributed by atoms with Crippen molar-refractivity contribution in [2.75, 3.05) is 32.7 Å². The number of hydrogen-bond acceptors (Lipinski definition) is 4. The summed E-state index contributed by atoms with van der Waals surface area (Å²) in [6, 6.07) is 0.630. The summed E-state index contributed by atoms with van der Waals surface area (Å²) >= 11 is 0. The lowest BCUT2D eigenvalue weighted by Gasteiger charge is -2.29. The number of hydrogen-bond donors (Lipinski definition) is 2. The van der Waals surface area contributed by atoms with Crippen molar-refractivity contribution in [3.8, 4) is 0 Å². The number of aliphatic carboxylic acids is 1. The maximum atomic E-state index is 12.2. The predicted molar refractivity (Wildman–Crippen MR) is 79.1 cm³/mol. The smallest absolute Gasteiger partial charge is 0.306 e.